The topological polar surface area (TPSA) is 0 Å². The molecule has 0 nitrogen and oxygen atoms in total. The van der Waals surface area contributed by atoms with Crippen LogP contribution in [0, 0.1) is 35.0 Å². The van der Waals surface area contributed by atoms with E-state index in [4.69, 9.17) is 0 Å². The van der Waals surface area contributed by atoms with Gasteiger partial charge in [-0.3, -0.25) is 0 Å². The summed E-state index contributed by atoms with van der Waals surface area (Å²) < 4.78 is 0. The van der Waals surface area contributed by atoms with Crippen molar-refractivity contribution in [2.75, 3.05) is 0 Å². The molecular formula is C13H20. The highest BCUT2D eigenvalue weighted by Gasteiger charge is 2.71. The van der Waals surface area contributed by atoms with E-state index >= 15 is 0 Å². The molecule has 0 N–H and O–H groups in total. The zero-order valence-electron chi connectivity index (χ0n) is 8.63. The summed E-state index contributed by atoms with van der Waals surface area (Å²) in [6.07, 6.45) is 9.57. The van der Waals surface area contributed by atoms with Gasteiger partial charge in [-0.05, 0) is 67.1 Å². The molecule has 0 amide bonds. The standard InChI is InChI=1S/C13H20/c1-2-9-6-13(9)7-11-10-5-8(10)3-4-12(11)13/h8-12H,2-7H2,1H3. The van der Waals surface area contributed by atoms with Gasteiger partial charge in [0.05, 0.1) is 0 Å². The second kappa shape index (κ2) is 1.99. The van der Waals surface area contributed by atoms with E-state index in [2.05, 4.69) is 6.92 Å². The zero-order valence-corrected chi connectivity index (χ0v) is 8.63. The number of fused-ring (bicyclic) bond motifs is 4. The van der Waals surface area contributed by atoms with Crippen LogP contribution >= 0.6 is 0 Å². The van der Waals surface area contributed by atoms with E-state index in [1.807, 2.05) is 0 Å². The maximum Gasteiger partial charge on any atom is -0.0232 e. The molecule has 1 spiro atoms. The second-order valence-corrected chi connectivity index (χ2v) is 6.25. The lowest BCUT2D eigenvalue weighted by Gasteiger charge is -2.50. The third-order valence-corrected chi connectivity index (χ3v) is 6.02. The van der Waals surface area contributed by atoms with Crippen LogP contribution < -0.4 is 0 Å². The molecule has 72 valence electrons. The first-order valence-corrected chi connectivity index (χ1v) is 6.35. The highest BCUT2D eigenvalue weighted by molar-refractivity contribution is 5.19. The van der Waals surface area contributed by atoms with Gasteiger partial charge in [0.15, 0.2) is 0 Å². The second-order valence-electron chi connectivity index (χ2n) is 6.25. The molecule has 0 saturated heterocycles. The van der Waals surface area contributed by atoms with Gasteiger partial charge >= 0.3 is 0 Å². The fourth-order valence-corrected chi connectivity index (χ4v) is 5.13. The third-order valence-electron chi connectivity index (χ3n) is 6.02. The summed E-state index contributed by atoms with van der Waals surface area (Å²) in [5.41, 5.74) is 0.937. The molecule has 0 heteroatoms. The van der Waals surface area contributed by atoms with E-state index in [9.17, 15) is 0 Å². The van der Waals surface area contributed by atoms with Crippen molar-refractivity contribution in [1.29, 1.82) is 0 Å². The van der Waals surface area contributed by atoms with Crippen molar-refractivity contribution in [2.45, 2.75) is 45.4 Å². The van der Waals surface area contributed by atoms with E-state index in [0.717, 1.165) is 11.3 Å². The average Bonchev–Trinajstić information content (AvgIpc) is 2.96. The molecule has 0 aromatic heterocycles. The van der Waals surface area contributed by atoms with Crippen molar-refractivity contribution in [2.24, 2.45) is 35.0 Å². The van der Waals surface area contributed by atoms with Crippen LogP contribution in [0.3, 0.4) is 0 Å². The van der Waals surface area contributed by atoms with Crippen LogP contribution in [0.25, 0.3) is 0 Å². The van der Waals surface area contributed by atoms with Crippen molar-refractivity contribution in [3.63, 3.8) is 0 Å². The summed E-state index contributed by atoms with van der Waals surface area (Å²) >= 11 is 0. The lowest BCUT2D eigenvalue weighted by Crippen LogP contribution is -2.43. The van der Waals surface area contributed by atoms with Gasteiger partial charge in [-0.25, -0.2) is 0 Å². The summed E-state index contributed by atoms with van der Waals surface area (Å²) in [4.78, 5) is 0. The van der Waals surface area contributed by atoms with Gasteiger partial charge in [0.1, 0.15) is 0 Å². The van der Waals surface area contributed by atoms with Crippen LogP contribution in [-0.2, 0) is 0 Å². The predicted octanol–water partition coefficient (Wildman–Crippen LogP) is 3.47. The molecule has 0 aromatic rings. The van der Waals surface area contributed by atoms with E-state index < -0.39 is 0 Å². The first-order valence-electron chi connectivity index (χ1n) is 6.35. The first-order chi connectivity index (χ1) is 6.35. The third kappa shape index (κ3) is 0.714. The Hall–Kier alpha value is 0. The van der Waals surface area contributed by atoms with Gasteiger partial charge in [0.25, 0.3) is 0 Å². The van der Waals surface area contributed by atoms with Crippen LogP contribution in [0.2, 0.25) is 0 Å². The number of hydrogen-bond donors (Lipinski definition) is 0. The molecule has 0 aliphatic heterocycles. The highest BCUT2D eigenvalue weighted by atomic mass is 14.8. The van der Waals surface area contributed by atoms with Crippen LogP contribution in [-0.4, -0.2) is 0 Å². The minimum atomic E-state index is 0.937. The van der Waals surface area contributed by atoms with Crippen molar-refractivity contribution >= 4 is 0 Å². The molecule has 0 radical (unpaired) electrons. The van der Waals surface area contributed by atoms with Gasteiger partial charge in [0, 0.05) is 0 Å². The molecule has 4 saturated carbocycles. The quantitative estimate of drug-likeness (QED) is 0.574. The minimum absolute atomic E-state index is 0.937. The average molecular weight is 176 g/mol. The van der Waals surface area contributed by atoms with Gasteiger partial charge < -0.3 is 0 Å². The van der Waals surface area contributed by atoms with Crippen molar-refractivity contribution in [3.05, 3.63) is 0 Å². The van der Waals surface area contributed by atoms with Gasteiger partial charge in [-0.2, -0.15) is 0 Å². The zero-order chi connectivity index (χ0) is 8.63. The molecule has 6 atom stereocenters. The van der Waals surface area contributed by atoms with Crippen molar-refractivity contribution in [1.82, 2.24) is 0 Å². The molecule has 0 heterocycles. The molecule has 6 unspecified atom stereocenters. The Bertz CT molecular complexity index is 257. The normalized spacial score (nSPS) is 66.7. The van der Waals surface area contributed by atoms with E-state index in [0.29, 0.717) is 0 Å². The van der Waals surface area contributed by atoms with E-state index in [-0.39, 0.29) is 0 Å². The lowest BCUT2D eigenvalue weighted by molar-refractivity contribution is -0.0136. The predicted molar refractivity (Wildman–Crippen MR) is 53.3 cm³/mol. The SMILES string of the molecule is CCC1CC12CC1C3CC3CCC12. The van der Waals surface area contributed by atoms with Gasteiger partial charge in [0.2, 0.25) is 0 Å². The Kier molecular flexibility index (Phi) is 1.12. The number of hydrogen-bond acceptors (Lipinski definition) is 0. The smallest absolute Gasteiger partial charge is 0.0232 e. The maximum atomic E-state index is 2.40. The summed E-state index contributed by atoms with van der Waals surface area (Å²) in [6.45, 7) is 2.40. The molecule has 4 aliphatic carbocycles. The van der Waals surface area contributed by atoms with Crippen molar-refractivity contribution in [3.8, 4) is 0 Å². The Labute approximate surface area is 81.1 Å². The van der Waals surface area contributed by atoms with Crippen LogP contribution in [0.4, 0.5) is 0 Å². The molecule has 0 bridgehead atoms. The largest absolute Gasteiger partial charge is 0.0651 e. The Balaban J connectivity index is 1.56. The molecule has 4 rings (SSSR count). The number of rotatable bonds is 1. The first kappa shape index (κ1) is 7.31. The molecule has 0 aromatic carbocycles. The molecule has 4 aliphatic rings. The Morgan fingerprint density at radius 1 is 1.15 bits per heavy atom. The molecular weight excluding hydrogens is 156 g/mol. The molecule has 13 heavy (non-hydrogen) atoms. The van der Waals surface area contributed by atoms with Crippen LogP contribution in [0.1, 0.15) is 45.4 Å². The maximum absolute atomic E-state index is 2.40. The van der Waals surface area contributed by atoms with E-state index in [1.54, 1.807) is 32.1 Å². The summed E-state index contributed by atoms with van der Waals surface area (Å²) in [6, 6.07) is 0. The van der Waals surface area contributed by atoms with Crippen LogP contribution in [0.15, 0.2) is 0 Å². The fraction of sp³-hybridized carbons (Fsp3) is 1.00. The summed E-state index contributed by atoms with van der Waals surface area (Å²) in [5.74, 6) is 6.01. The lowest BCUT2D eigenvalue weighted by atomic mass is 9.55. The fourth-order valence-electron chi connectivity index (χ4n) is 5.13. The Morgan fingerprint density at radius 2 is 2.08 bits per heavy atom. The molecule has 4 fully saturated rings. The summed E-state index contributed by atoms with van der Waals surface area (Å²) in [5, 5.41) is 0. The summed E-state index contributed by atoms with van der Waals surface area (Å²) in [7, 11) is 0. The van der Waals surface area contributed by atoms with Crippen LogP contribution in [0.5, 0.6) is 0 Å². The highest BCUT2D eigenvalue weighted by Crippen LogP contribution is 2.78. The van der Waals surface area contributed by atoms with Gasteiger partial charge in [-0.15, -0.1) is 0 Å². The Morgan fingerprint density at radius 3 is 2.85 bits per heavy atom. The monoisotopic (exact) mass is 176 g/mol. The van der Waals surface area contributed by atoms with Gasteiger partial charge in [-0.1, -0.05) is 13.3 Å². The van der Waals surface area contributed by atoms with E-state index in [1.165, 1.54) is 30.1 Å². The minimum Gasteiger partial charge on any atom is -0.0651 e. The van der Waals surface area contributed by atoms with Crippen molar-refractivity contribution < 1.29 is 0 Å².